The number of aliphatic carboxylic acids is 5. The lowest BCUT2D eigenvalue weighted by atomic mass is 10.2. The van der Waals surface area contributed by atoms with E-state index in [0.717, 1.165) is 6.92 Å². The Morgan fingerprint density at radius 1 is 0.867 bits per heavy atom. The third-order valence-corrected chi connectivity index (χ3v) is 2.41. The summed E-state index contributed by atoms with van der Waals surface area (Å²) in [5.41, 5.74) is 10.7. The molecular weight excluding hydrogens is 412 g/mol. The van der Waals surface area contributed by atoms with Gasteiger partial charge in [0.2, 0.25) is 5.78 Å². The Morgan fingerprint density at radius 2 is 1.27 bits per heavy atom. The molecule has 10 N–H and O–H groups in total. The second kappa shape index (κ2) is 16.9. The lowest BCUT2D eigenvalue weighted by Gasteiger charge is -2.01. The first kappa shape index (κ1) is 30.5. The van der Waals surface area contributed by atoms with Crippen LogP contribution in [0.1, 0.15) is 19.8 Å². The first-order valence-corrected chi connectivity index (χ1v) is 7.57. The third-order valence-electron chi connectivity index (χ3n) is 2.41. The summed E-state index contributed by atoms with van der Waals surface area (Å²) >= 11 is 0. The maximum absolute atomic E-state index is 9.99. The minimum atomic E-state index is -1.82. The van der Waals surface area contributed by atoms with E-state index >= 15 is 0 Å². The second-order valence-electron chi connectivity index (χ2n) is 4.91. The molecule has 1 aromatic rings. The van der Waals surface area contributed by atoms with Crippen LogP contribution in [-0.2, 0) is 28.8 Å². The van der Waals surface area contributed by atoms with Crippen LogP contribution in [-0.4, -0.2) is 72.3 Å². The molecule has 0 spiro atoms. The number of phenolic OH excluding ortho intramolecular Hbond substituents is 1. The molecule has 0 aromatic heterocycles. The quantitative estimate of drug-likeness (QED) is 0.158. The summed E-state index contributed by atoms with van der Waals surface area (Å²) < 4.78 is 0. The van der Waals surface area contributed by atoms with Gasteiger partial charge in [0.15, 0.2) is 0 Å². The van der Waals surface area contributed by atoms with Gasteiger partial charge >= 0.3 is 29.8 Å². The Hall–Kier alpha value is -4.20. The van der Waals surface area contributed by atoms with E-state index in [-0.39, 0.29) is 18.6 Å². The molecule has 0 unspecified atom stereocenters. The molecule has 14 heteroatoms. The van der Waals surface area contributed by atoms with E-state index in [1.165, 1.54) is 0 Å². The molecule has 14 nitrogen and oxygen atoms in total. The normalized spacial score (nSPS) is 9.53. The number of rotatable bonds is 5. The van der Waals surface area contributed by atoms with Gasteiger partial charge in [-0.1, -0.05) is 12.1 Å². The zero-order valence-electron chi connectivity index (χ0n) is 15.6. The molecule has 0 aliphatic heterocycles. The molecule has 0 saturated heterocycles. The van der Waals surface area contributed by atoms with Gasteiger partial charge in [0.1, 0.15) is 11.8 Å². The molecule has 30 heavy (non-hydrogen) atoms. The number of para-hydroxylation sites is 2. The number of hydrogen-bond donors (Lipinski definition) is 8. The topological polar surface area (TPSA) is 276 Å². The highest BCUT2D eigenvalue weighted by molar-refractivity contribution is 6.31. The highest BCUT2D eigenvalue weighted by atomic mass is 16.4. The van der Waals surface area contributed by atoms with Crippen molar-refractivity contribution >= 4 is 41.3 Å². The number of hydrogen-bond acceptors (Lipinski definition) is 9. The highest BCUT2D eigenvalue weighted by Gasteiger charge is 2.12. The summed E-state index contributed by atoms with van der Waals surface area (Å²) in [7, 11) is 0. The van der Waals surface area contributed by atoms with Gasteiger partial charge in [-0.15, -0.1) is 0 Å². The number of carboxylic acid groups (broad SMARTS) is 5. The van der Waals surface area contributed by atoms with Crippen molar-refractivity contribution in [2.24, 2.45) is 5.73 Å². The van der Waals surface area contributed by atoms with Gasteiger partial charge in [-0.25, -0.2) is 14.4 Å². The fourth-order valence-corrected chi connectivity index (χ4v) is 0.890. The monoisotopic (exact) mass is 434 g/mol. The highest BCUT2D eigenvalue weighted by Crippen LogP contribution is 2.16. The summed E-state index contributed by atoms with van der Waals surface area (Å²) in [4.78, 5) is 57.0. The molecule has 0 bridgehead atoms. The van der Waals surface area contributed by atoms with Crippen molar-refractivity contribution in [3.8, 4) is 5.75 Å². The van der Waals surface area contributed by atoms with E-state index in [0.29, 0.717) is 5.69 Å². The Bertz CT molecular complexity index is 678. The van der Waals surface area contributed by atoms with Crippen molar-refractivity contribution in [1.29, 1.82) is 0 Å². The Balaban J connectivity index is -0.000000332. The van der Waals surface area contributed by atoms with Crippen LogP contribution in [0.5, 0.6) is 5.75 Å². The van der Waals surface area contributed by atoms with Gasteiger partial charge in [-0.2, -0.15) is 0 Å². The number of ketones is 1. The van der Waals surface area contributed by atoms with Gasteiger partial charge in [0.05, 0.1) is 5.69 Å². The first-order valence-electron chi connectivity index (χ1n) is 7.57. The molecule has 0 aliphatic carbocycles. The van der Waals surface area contributed by atoms with Gasteiger partial charge in [0.25, 0.3) is 0 Å². The van der Waals surface area contributed by atoms with Gasteiger partial charge in [-0.3, -0.25) is 14.4 Å². The lowest BCUT2D eigenvalue weighted by Crippen LogP contribution is -2.30. The second-order valence-corrected chi connectivity index (χ2v) is 4.91. The van der Waals surface area contributed by atoms with Crippen LogP contribution in [0, 0.1) is 0 Å². The summed E-state index contributed by atoms with van der Waals surface area (Å²) in [6.45, 7) is 1.00. The van der Waals surface area contributed by atoms with Crippen LogP contribution >= 0.6 is 0 Å². The molecular formula is C16H22N2O12. The molecule has 1 aromatic carbocycles. The van der Waals surface area contributed by atoms with Crippen molar-refractivity contribution in [2.45, 2.75) is 25.8 Å². The maximum Gasteiger partial charge on any atom is 0.414 e. The zero-order valence-corrected chi connectivity index (χ0v) is 15.6. The van der Waals surface area contributed by atoms with Crippen LogP contribution in [0.4, 0.5) is 5.69 Å². The van der Waals surface area contributed by atoms with Crippen molar-refractivity contribution in [3.05, 3.63) is 24.3 Å². The molecule has 1 rings (SSSR count). The summed E-state index contributed by atoms with van der Waals surface area (Å²) in [6, 6.07) is 5.64. The maximum atomic E-state index is 9.99. The Morgan fingerprint density at radius 3 is 1.47 bits per heavy atom. The van der Waals surface area contributed by atoms with Gasteiger partial charge < -0.3 is 42.1 Å². The molecule has 0 heterocycles. The number of anilines is 1. The fraction of sp³-hybridized carbons (Fsp3) is 0.250. The smallest absolute Gasteiger partial charge is 0.414 e. The summed E-state index contributed by atoms with van der Waals surface area (Å²) in [6.07, 6.45) is -0.224. The van der Waals surface area contributed by atoms with E-state index in [1.807, 2.05) is 0 Å². The molecule has 0 fully saturated rings. The number of carbonyl (C=O) groups excluding carboxylic acids is 1. The predicted octanol–water partition coefficient (Wildman–Crippen LogP) is -0.947. The van der Waals surface area contributed by atoms with E-state index < -0.39 is 41.7 Å². The zero-order chi connectivity index (χ0) is 24.4. The average molecular weight is 434 g/mol. The van der Waals surface area contributed by atoms with Crippen molar-refractivity contribution in [2.75, 3.05) is 5.73 Å². The Labute approximate surface area is 169 Å². The summed E-state index contributed by atoms with van der Waals surface area (Å²) in [5.74, 6) is -7.90. The van der Waals surface area contributed by atoms with Crippen molar-refractivity contribution in [3.63, 3.8) is 0 Å². The average Bonchev–Trinajstić information content (AvgIpc) is 2.63. The van der Waals surface area contributed by atoms with Crippen LogP contribution < -0.4 is 11.5 Å². The van der Waals surface area contributed by atoms with Crippen LogP contribution in [0.25, 0.3) is 0 Å². The predicted molar refractivity (Wildman–Crippen MR) is 98.6 cm³/mol. The third kappa shape index (κ3) is 21.8. The minimum absolute atomic E-state index is 0.0231. The standard InChI is InChI=1S/C6H7NO.C5H9NO4.C3H4O3.C2H2O4/c7-5-3-1-2-4-6(5)8;6-3(5(9)10)1-2-4(7)8;1-2(4)3(5)6;3-1(4)2(5)6/h1-4,8H,7H2;3H,1-2,6H2,(H,7,8)(H,9,10);1H3,(H,5,6);(H,3,4)(H,5,6)/t;3-;;/m.0../s1. The number of nitrogens with two attached hydrogens (primary N) is 2. The molecule has 168 valence electrons. The molecule has 0 saturated carbocycles. The SMILES string of the molecule is CC(=O)C(=O)O.N[C@@H](CCC(=O)O)C(=O)O.Nc1ccccc1O.O=C(O)C(=O)O. The largest absolute Gasteiger partial charge is 0.506 e. The number of benzene rings is 1. The van der Waals surface area contributed by atoms with E-state index in [9.17, 15) is 19.2 Å². The van der Waals surface area contributed by atoms with Crippen molar-refractivity contribution in [1.82, 2.24) is 0 Å². The lowest BCUT2D eigenvalue weighted by molar-refractivity contribution is -0.159. The van der Waals surface area contributed by atoms with Gasteiger partial charge in [-0.05, 0) is 18.6 Å². The summed E-state index contributed by atoms with van der Waals surface area (Å²) in [5, 5.41) is 47.5. The number of phenols is 1. The minimum Gasteiger partial charge on any atom is -0.506 e. The number of carbonyl (C=O) groups is 6. The molecule has 0 radical (unpaired) electrons. The van der Waals surface area contributed by atoms with E-state index in [4.69, 9.17) is 51.7 Å². The van der Waals surface area contributed by atoms with E-state index in [1.54, 1.807) is 24.3 Å². The number of aromatic hydroxyl groups is 1. The van der Waals surface area contributed by atoms with Crippen LogP contribution in [0.2, 0.25) is 0 Å². The van der Waals surface area contributed by atoms with Gasteiger partial charge in [0, 0.05) is 13.3 Å². The first-order chi connectivity index (χ1) is 13.6. The molecule has 0 amide bonds. The van der Waals surface area contributed by atoms with Crippen LogP contribution in [0.3, 0.4) is 0 Å². The Kier molecular flexibility index (Phi) is 17.2. The number of nitrogen functional groups attached to an aromatic ring is 1. The molecule has 0 aliphatic rings. The number of carboxylic acids is 5. The number of Topliss-reactive ketones (excluding diaryl/α,β-unsaturated/α-hetero) is 1. The van der Waals surface area contributed by atoms with Crippen LogP contribution in [0.15, 0.2) is 24.3 Å². The fourth-order valence-electron chi connectivity index (χ4n) is 0.890. The van der Waals surface area contributed by atoms with E-state index in [2.05, 4.69) is 0 Å². The van der Waals surface area contributed by atoms with Crippen molar-refractivity contribution < 1.29 is 59.4 Å². The molecule has 1 atom stereocenters.